The maximum Gasteiger partial charge on any atom is 0.137 e. The molecular weight excluding hydrogens is 976 g/mol. The van der Waals surface area contributed by atoms with Gasteiger partial charge in [-0.1, -0.05) is 36.4 Å². The van der Waals surface area contributed by atoms with Gasteiger partial charge in [0.15, 0.2) is 0 Å². The van der Waals surface area contributed by atoms with Crippen LogP contribution in [0.1, 0.15) is 16.7 Å². The number of nitrogens with two attached hydrogens (primary N) is 3. The molecule has 0 fully saturated rings. The molecule has 0 aliphatic carbocycles. The Bertz CT molecular complexity index is 1390. The predicted octanol–water partition coefficient (Wildman–Crippen LogP) is -23.7. The molecule has 32 heteroatoms. The average Bonchev–Trinajstić information content (AvgIpc) is 3.10. The van der Waals surface area contributed by atoms with Crippen molar-refractivity contribution in [3.63, 3.8) is 0 Å². The van der Waals surface area contributed by atoms with E-state index in [0.717, 1.165) is 95.8 Å². The zero-order valence-electron chi connectivity index (χ0n) is 34.5. The van der Waals surface area contributed by atoms with Gasteiger partial charge in [0.05, 0.1) is 19.6 Å². The van der Waals surface area contributed by atoms with Crippen LogP contribution in [0.5, 0.6) is 17.2 Å². The summed E-state index contributed by atoms with van der Waals surface area (Å²) in [6.07, 6.45) is 0. The number of benzene rings is 3. The predicted molar refractivity (Wildman–Crippen MR) is 174 cm³/mol. The van der Waals surface area contributed by atoms with Gasteiger partial charge in [-0.05, 0) is 36.4 Å². The minimum atomic E-state index is -4.94. The Morgan fingerprint density at radius 2 is 0.631 bits per heavy atom. The first-order valence-corrected chi connectivity index (χ1v) is 22.9. The number of ether oxygens (including phenoxy) is 3. The van der Waals surface area contributed by atoms with Gasteiger partial charge in [0.25, 0.3) is 0 Å². The lowest BCUT2D eigenvalue weighted by Crippen LogP contribution is -3.13. The largest absolute Gasteiger partial charge is 0.488 e. The fraction of sp³-hybridized carbons (Fsp3) is 0.455. The zero-order valence-corrected chi connectivity index (χ0v) is 37.5. The van der Waals surface area contributed by atoms with E-state index in [0.29, 0.717) is 19.8 Å². The minimum Gasteiger partial charge on any atom is -0.488 e. The van der Waals surface area contributed by atoms with Gasteiger partial charge in [0.1, 0.15) is 76.3 Å². The second-order valence-electron chi connectivity index (χ2n) is 12.7. The SMILES string of the molecule is O.O.O.O.[O-][Cl+3]([O-])([O-])[O-].[O-][Cl+3]([O-])([O-])[O-].[O-][Cl+3]([O-])([O-])[O-].[O-][Cl+3]([O-])([O-])[O-].c1cc2cc(c1)OCC[NH+]1CCOc3cccc(c3)C[NH2+]CCN(CC[NH2+]C2)CC[NH2+]Cc2cccc(c2)OCC1. The van der Waals surface area contributed by atoms with E-state index in [1.54, 1.807) is 0 Å². The Morgan fingerprint density at radius 3 is 0.862 bits per heavy atom. The van der Waals surface area contributed by atoms with E-state index < -0.39 is 41.0 Å². The highest BCUT2D eigenvalue weighted by molar-refractivity contribution is 5.29. The molecule has 0 saturated carbocycles. The number of fused-ring (bicyclic) bond motifs is 15. The molecule has 0 atom stereocenters. The van der Waals surface area contributed by atoms with Gasteiger partial charge in [-0.25, -0.2) is 74.5 Å². The molecule has 0 unspecified atom stereocenters. The standard InChI is InChI=1S/C33H45N5O3.4ClHO4.4H2O/c1-4-28-22-31(7-1)39-19-16-38-17-20-40-32-8-2-5-29(23-32)26-35-11-14-37(13-10-34-25-28)15-12-36-27-30-6-3-9-33(24-30)41-21-18-38;4*2-1(3,4)5;;;;/h1-9,22-24,34-36H,10-21,25-27H2;4*(H,2,3,4,5);4*1H2. The number of quaternary nitrogens is 4. The molecule has 0 amide bonds. The Kier molecular flexibility index (Phi) is 38.4. The average molecular weight is 1030 g/mol. The number of rotatable bonds is 0. The van der Waals surface area contributed by atoms with Crippen molar-refractivity contribution in [2.24, 2.45) is 0 Å². The van der Waals surface area contributed by atoms with Gasteiger partial charge >= 0.3 is 0 Å². The third-order valence-corrected chi connectivity index (χ3v) is 7.96. The molecular formula is C33H57Cl4N5O23. The minimum absolute atomic E-state index is 0. The summed E-state index contributed by atoms with van der Waals surface area (Å²) in [5.41, 5.74) is 3.94. The maximum absolute atomic E-state index is 8.49. The van der Waals surface area contributed by atoms with E-state index in [1.165, 1.54) is 21.6 Å². The van der Waals surface area contributed by atoms with E-state index in [1.807, 2.05) is 0 Å². The third-order valence-electron chi connectivity index (χ3n) is 7.96. The van der Waals surface area contributed by atoms with E-state index in [-0.39, 0.29) is 21.9 Å². The molecule has 3 aliphatic rings. The van der Waals surface area contributed by atoms with Crippen molar-refractivity contribution in [3.05, 3.63) is 89.5 Å². The second-order valence-corrected chi connectivity index (χ2v) is 15.7. The van der Waals surface area contributed by atoms with Crippen molar-refractivity contribution in [1.29, 1.82) is 0 Å². The van der Waals surface area contributed by atoms with Crippen molar-refractivity contribution < 1.29 is 172 Å². The van der Waals surface area contributed by atoms with E-state index in [9.17, 15) is 0 Å². The van der Waals surface area contributed by atoms with Crippen molar-refractivity contribution in [3.8, 4) is 17.2 Å². The molecule has 65 heavy (non-hydrogen) atoms. The lowest BCUT2D eigenvalue weighted by atomic mass is 10.2. The molecule has 3 aliphatic heterocycles. The lowest BCUT2D eigenvalue weighted by Gasteiger charge is -2.21. The highest BCUT2D eigenvalue weighted by atomic mass is 35.7. The van der Waals surface area contributed by atoms with E-state index in [4.69, 9.17) is 88.8 Å². The van der Waals surface area contributed by atoms with Crippen molar-refractivity contribution in [1.82, 2.24) is 4.90 Å². The van der Waals surface area contributed by atoms with Crippen LogP contribution in [0.3, 0.4) is 0 Å². The second kappa shape index (κ2) is 36.3. The molecule has 0 radical (unpaired) electrons. The number of hydrogen-bond acceptors (Lipinski definition) is 20. The maximum atomic E-state index is 8.49. The number of hydrogen-bond donors (Lipinski definition) is 4. The van der Waals surface area contributed by atoms with Crippen molar-refractivity contribution >= 4 is 0 Å². The molecule has 28 nitrogen and oxygen atoms in total. The molecule has 380 valence electrons. The van der Waals surface area contributed by atoms with Gasteiger partial charge < -0.3 is 57.0 Å². The zero-order chi connectivity index (χ0) is 46.0. The van der Waals surface area contributed by atoms with Gasteiger partial charge in [0, 0.05) is 36.3 Å². The first kappa shape index (κ1) is 68.8. The summed E-state index contributed by atoms with van der Waals surface area (Å²) in [6, 6.07) is 25.8. The summed E-state index contributed by atoms with van der Waals surface area (Å²) < 4.78 is 155. The number of nitrogens with zero attached hydrogens (tertiary/aromatic N) is 1. The van der Waals surface area contributed by atoms with Gasteiger partial charge in [-0.3, -0.25) is 4.90 Å². The van der Waals surface area contributed by atoms with Gasteiger partial charge in [0.2, 0.25) is 0 Å². The normalized spacial score (nSPS) is 17.5. The van der Waals surface area contributed by atoms with Crippen LogP contribution in [0.25, 0.3) is 0 Å². The van der Waals surface area contributed by atoms with Crippen LogP contribution in [0.4, 0.5) is 0 Å². The van der Waals surface area contributed by atoms with E-state index in [2.05, 4.69) is 93.6 Å². The first-order chi connectivity index (χ1) is 28.3. The van der Waals surface area contributed by atoms with Crippen LogP contribution >= 0.6 is 0 Å². The molecule has 0 aromatic heterocycles. The smallest absolute Gasteiger partial charge is 0.137 e. The highest BCUT2D eigenvalue weighted by Gasteiger charge is 2.13. The number of halogens is 4. The topological polar surface area (TPSA) is 580 Å². The quantitative estimate of drug-likeness (QED) is 0.162. The summed E-state index contributed by atoms with van der Waals surface area (Å²) >= 11 is 0. The summed E-state index contributed by atoms with van der Waals surface area (Å²) in [6.45, 7) is 14.1. The molecule has 8 bridgehead atoms. The van der Waals surface area contributed by atoms with Gasteiger partial charge in [-0.15, -0.1) is 41.0 Å². The number of nitrogens with one attached hydrogen (secondary N) is 1. The van der Waals surface area contributed by atoms with Crippen LogP contribution in [0.15, 0.2) is 72.8 Å². The molecule has 3 aromatic rings. The first-order valence-electron chi connectivity index (χ1n) is 17.9. The third kappa shape index (κ3) is 49.0. The van der Waals surface area contributed by atoms with Crippen LogP contribution in [0.2, 0.25) is 0 Å². The van der Waals surface area contributed by atoms with Crippen LogP contribution in [-0.4, -0.2) is 106 Å². The molecule has 0 saturated heterocycles. The fourth-order valence-corrected chi connectivity index (χ4v) is 5.56. The summed E-state index contributed by atoms with van der Waals surface area (Å²) in [7, 11) is -19.8. The highest BCUT2D eigenvalue weighted by Crippen LogP contribution is 2.14. The monoisotopic (exact) mass is 1030 g/mol. The Balaban J connectivity index is -0.000000653. The van der Waals surface area contributed by atoms with E-state index >= 15 is 0 Å². The van der Waals surface area contributed by atoms with Crippen molar-refractivity contribution in [2.75, 3.05) is 78.7 Å². The summed E-state index contributed by atoms with van der Waals surface area (Å²) in [5, 5.41) is 7.29. The summed E-state index contributed by atoms with van der Waals surface area (Å²) in [5.74, 6) is 2.86. The van der Waals surface area contributed by atoms with Crippen molar-refractivity contribution in [2.45, 2.75) is 19.6 Å². The Hall–Kier alpha value is -2.78. The van der Waals surface area contributed by atoms with Crippen LogP contribution < -0.4 is 110 Å². The molecule has 15 N–H and O–H groups in total. The molecule has 3 heterocycles. The lowest BCUT2D eigenvalue weighted by molar-refractivity contribution is -2.00. The van der Waals surface area contributed by atoms with Crippen LogP contribution in [-0.2, 0) is 19.6 Å². The Morgan fingerprint density at radius 1 is 0.400 bits per heavy atom. The molecule has 6 rings (SSSR count). The molecule has 3 aromatic carbocycles. The summed E-state index contributed by atoms with van der Waals surface area (Å²) in [4.78, 5) is 4.03. The van der Waals surface area contributed by atoms with Crippen LogP contribution in [0, 0.1) is 41.0 Å². The Labute approximate surface area is 381 Å². The fourth-order valence-electron chi connectivity index (χ4n) is 5.56. The molecule has 0 spiro atoms. The van der Waals surface area contributed by atoms with Gasteiger partial charge in [-0.2, -0.15) is 0 Å².